The van der Waals surface area contributed by atoms with Crippen molar-refractivity contribution in [1.82, 2.24) is 14.8 Å². The van der Waals surface area contributed by atoms with Gasteiger partial charge in [-0.1, -0.05) is 6.07 Å². The number of amides is 2. The van der Waals surface area contributed by atoms with Crippen LogP contribution in [0.3, 0.4) is 0 Å². The van der Waals surface area contributed by atoms with Gasteiger partial charge in [-0.3, -0.25) is 14.4 Å². The van der Waals surface area contributed by atoms with Crippen LogP contribution in [0.15, 0.2) is 29.2 Å². The number of nitrogens with one attached hydrogen (secondary N) is 1. The number of rotatable bonds is 4. The molecule has 1 fully saturated rings. The summed E-state index contributed by atoms with van der Waals surface area (Å²) < 4.78 is 39.3. The minimum atomic E-state index is -0.811. The third-order valence-corrected chi connectivity index (χ3v) is 5.56. The summed E-state index contributed by atoms with van der Waals surface area (Å²) in [6.07, 6.45) is 1.45. The molecule has 1 aromatic carbocycles. The Morgan fingerprint density at radius 3 is 2.81 bits per heavy atom. The molecule has 2 aromatic rings. The van der Waals surface area contributed by atoms with Crippen molar-refractivity contribution in [3.8, 4) is 5.75 Å². The normalized spacial score (nSPS) is 20.1. The summed E-state index contributed by atoms with van der Waals surface area (Å²) in [5.74, 6) is -2.95. The Balaban J connectivity index is 1.66. The van der Waals surface area contributed by atoms with Crippen molar-refractivity contribution in [2.45, 2.75) is 38.7 Å². The molecule has 1 saturated heterocycles. The molecule has 164 valence electrons. The van der Waals surface area contributed by atoms with Crippen LogP contribution in [-0.2, 0) is 17.8 Å². The van der Waals surface area contributed by atoms with Crippen LogP contribution in [0.2, 0.25) is 0 Å². The second-order valence-electron chi connectivity index (χ2n) is 7.50. The van der Waals surface area contributed by atoms with Gasteiger partial charge in [-0.15, -0.1) is 0 Å². The quantitative estimate of drug-likeness (QED) is 0.792. The molecule has 2 aliphatic rings. The smallest absolute Gasteiger partial charge is 0.276 e. The van der Waals surface area contributed by atoms with E-state index in [1.807, 2.05) is 6.92 Å². The van der Waals surface area contributed by atoms with Gasteiger partial charge in [-0.05, 0) is 19.4 Å². The molecule has 0 aliphatic carbocycles. The van der Waals surface area contributed by atoms with Gasteiger partial charge in [0, 0.05) is 30.4 Å². The number of hydrogen-bond acceptors (Lipinski definition) is 5. The predicted molar refractivity (Wildman–Crippen MR) is 105 cm³/mol. The summed E-state index contributed by atoms with van der Waals surface area (Å²) >= 11 is 0. The van der Waals surface area contributed by atoms with E-state index >= 15 is 0 Å². The Hall–Kier alpha value is -3.27. The lowest BCUT2D eigenvalue weighted by Gasteiger charge is -2.44. The number of ether oxygens (including phenoxy) is 2. The first-order valence-electron chi connectivity index (χ1n) is 9.79. The number of hydrogen-bond donors (Lipinski definition) is 1. The van der Waals surface area contributed by atoms with Crippen molar-refractivity contribution in [3.63, 3.8) is 0 Å². The third kappa shape index (κ3) is 3.67. The molecule has 0 spiro atoms. The van der Waals surface area contributed by atoms with E-state index in [0.29, 0.717) is 19.1 Å². The van der Waals surface area contributed by atoms with Crippen LogP contribution in [-0.4, -0.2) is 47.3 Å². The minimum Gasteiger partial charge on any atom is -0.491 e. The largest absolute Gasteiger partial charge is 0.491 e. The summed E-state index contributed by atoms with van der Waals surface area (Å²) in [7, 11) is 1.25. The van der Waals surface area contributed by atoms with Crippen molar-refractivity contribution in [1.29, 1.82) is 0 Å². The fourth-order valence-electron chi connectivity index (χ4n) is 3.93. The second kappa shape index (κ2) is 8.10. The van der Waals surface area contributed by atoms with Gasteiger partial charge < -0.3 is 24.3 Å². The van der Waals surface area contributed by atoms with Crippen molar-refractivity contribution in [3.05, 3.63) is 63.1 Å². The molecular formula is C21H21F2N3O5. The predicted octanol–water partition coefficient (Wildman–Crippen LogP) is 1.66. The van der Waals surface area contributed by atoms with Gasteiger partial charge in [0.1, 0.15) is 17.2 Å². The van der Waals surface area contributed by atoms with E-state index in [0.717, 1.165) is 6.07 Å². The first kappa shape index (κ1) is 21.0. The minimum absolute atomic E-state index is 0.0576. The lowest BCUT2D eigenvalue weighted by molar-refractivity contribution is -0.112. The van der Waals surface area contributed by atoms with Crippen molar-refractivity contribution < 1.29 is 27.8 Å². The van der Waals surface area contributed by atoms with Crippen LogP contribution in [0.1, 0.15) is 39.8 Å². The van der Waals surface area contributed by atoms with Crippen LogP contribution in [0.4, 0.5) is 8.78 Å². The average molecular weight is 433 g/mol. The monoisotopic (exact) mass is 433 g/mol. The molecule has 10 heteroatoms. The molecule has 8 nitrogen and oxygen atoms in total. The fraction of sp³-hybridized carbons (Fsp3) is 0.381. The van der Waals surface area contributed by atoms with E-state index in [1.165, 1.54) is 23.9 Å². The maximum atomic E-state index is 13.8. The molecule has 0 saturated carbocycles. The number of carbonyl (C=O) groups excluding carboxylic acids is 2. The van der Waals surface area contributed by atoms with Crippen molar-refractivity contribution in [2.75, 3.05) is 13.7 Å². The Morgan fingerprint density at radius 1 is 1.32 bits per heavy atom. The van der Waals surface area contributed by atoms with Gasteiger partial charge in [-0.25, -0.2) is 8.78 Å². The van der Waals surface area contributed by atoms with Crippen LogP contribution in [0.25, 0.3) is 0 Å². The number of methoxy groups -OCH3 is 1. The van der Waals surface area contributed by atoms with E-state index in [-0.39, 0.29) is 41.7 Å². The maximum Gasteiger partial charge on any atom is 0.276 e. The lowest BCUT2D eigenvalue weighted by Crippen LogP contribution is -2.57. The summed E-state index contributed by atoms with van der Waals surface area (Å²) in [5, 5.41) is 2.45. The Labute approximate surface area is 176 Å². The second-order valence-corrected chi connectivity index (χ2v) is 7.50. The third-order valence-electron chi connectivity index (χ3n) is 5.56. The summed E-state index contributed by atoms with van der Waals surface area (Å²) in [4.78, 5) is 40.2. The molecule has 2 atom stereocenters. The van der Waals surface area contributed by atoms with E-state index in [9.17, 15) is 23.2 Å². The maximum absolute atomic E-state index is 13.8. The first-order chi connectivity index (χ1) is 14.8. The highest BCUT2D eigenvalue weighted by atomic mass is 19.1. The number of carbonyl (C=O) groups is 2. The molecular weight excluding hydrogens is 412 g/mol. The summed E-state index contributed by atoms with van der Waals surface area (Å²) in [6, 6.07) is 2.93. The zero-order valence-corrected chi connectivity index (χ0v) is 17.0. The first-order valence-corrected chi connectivity index (χ1v) is 9.79. The van der Waals surface area contributed by atoms with E-state index in [4.69, 9.17) is 9.47 Å². The average Bonchev–Trinajstić information content (AvgIpc) is 2.73. The highest BCUT2D eigenvalue weighted by Gasteiger charge is 2.41. The van der Waals surface area contributed by atoms with E-state index < -0.39 is 35.1 Å². The molecule has 0 radical (unpaired) electrons. The van der Waals surface area contributed by atoms with Crippen LogP contribution in [0.5, 0.6) is 5.75 Å². The fourth-order valence-corrected chi connectivity index (χ4v) is 3.93. The Bertz CT molecular complexity index is 1120. The van der Waals surface area contributed by atoms with E-state index in [2.05, 4.69) is 5.32 Å². The molecule has 1 N–H and O–H groups in total. The van der Waals surface area contributed by atoms with Gasteiger partial charge in [-0.2, -0.15) is 0 Å². The number of nitrogens with zero attached hydrogens (tertiary/aromatic N) is 2. The topological polar surface area (TPSA) is 89.9 Å². The number of benzene rings is 1. The molecule has 1 unspecified atom stereocenters. The van der Waals surface area contributed by atoms with Crippen molar-refractivity contribution in [2.24, 2.45) is 0 Å². The van der Waals surface area contributed by atoms with Gasteiger partial charge in [0.05, 0.1) is 20.3 Å². The highest BCUT2D eigenvalue weighted by molar-refractivity contribution is 5.99. The number of halogens is 2. The van der Waals surface area contributed by atoms with Gasteiger partial charge in [0.25, 0.3) is 11.8 Å². The molecule has 4 rings (SSSR count). The van der Waals surface area contributed by atoms with E-state index in [1.54, 1.807) is 4.90 Å². The molecule has 31 heavy (non-hydrogen) atoms. The molecule has 0 bridgehead atoms. The Kier molecular flexibility index (Phi) is 5.48. The van der Waals surface area contributed by atoms with Crippen molar-refractivity contribution >= 4 is 11.8 Å². The number of fused-ring (bicyclic) bond motifs is 2. The van der Waals surface area contributed by atoms with Gasteiger partial charge in [0.2, 0.25) is 5.43 Å². The highest BCUT2D eigenvalue weighted by Crippen LogP contribution is 2.29. The Morgan fingerprint density at radius 2 is 2.10 bits per heavy atom. The van der Waals surface area contributed by atoms with Crippen LogP contribution < -0.4 is 15.5 Å². The van der Waals surface area contributed by atoms with Gasteiger partial charge >= 0.3 is 0 Å². The zero-order valence-electron chi connectivity index (χ0n) is 17.0. The molecule has 1 aromatic heterocycles. The summed E-state index contributed by atoms with van der Waals surface area (Å²) in [6.45, 7) is 2.39. The number of pyridine rings is 1. The van der Waals surface area contributed by atoms with Crippen LogP contribution in [0, 0.1) is 11.6 Å². The summed E-state index contributed by atoms with van der Waals surface area (Å²) in [5.41, 5.74) is -0.881. The standard InChI is InChI=1S/C21H21F2N3O5/c1-11-5-6-31-16-10-25-9-14(18(27)19(30-2)17(25)21(29)26(11)16)20(28)24-8-12-3-4-13(22)7-15(12)23/h3-4,7,9,11,16H,5-6,8,10H2,1-2H3,(H,24,28)/t11-,16?/m1/s1. The molecule has 2 aliphatic heterocycles. The van der Waals surface area contributed by atoms with Gasteiger partial charge in [0.15, 0.2) is 17.7 Å². The molecule has 3 heterocycles. The SMILES string of the molecule is COc1c2n(cc(C(=O)NCc3ccc(F)cc3F)c1=O)CC1OCC[C@@H](C)N1C2=O. The molecule has 2 amide bonds. The lowest BCUT2D eigenvalue weighted by atomic mass is 10.1. The zero-order chi connectivity index (χ0) is 22.3. The number of aromatic nitrogens is 1. The van der Waals surface area contributed by atoms with Crippen LogP contribution >= 0.6 is 0 Å².